The third-order valence-electron chi connectivity index (χ3n) is 5.72. The van der Waals surface area contributed by atoms with Crippen LogP contribution in [-0.4, -0.2) is 25.0 Å². The van der Waals surface area contributed by atoms with Crippen LogP contribution >= 0.6 is 0 Å². The molecule has 0 rings (SSSR count). The maximum atomic E-state index is 10.1. The zero-order valence-electron chi connectivity index (χ0n) is 23.0. The lowest BCUT2D eigenvalue weighted by Gasteiger charge is -2.02. The highest BCUT2D eigenvalue weighted by Gasteiger charge is 1.92. The van der Waals surface area contributed by atoms with Gasteiger partial charge in [0.25, 0.3) is 0 Å². The molecule has 34 heavy (non-hydrogen) atoms. The van der Waals surface area contributed by atoms with Crippen molar-refractivity contribution in [2.24, 2.45) is 0 Å². The lowest BCUT2D eigenvalue weighted by molar-refractivity contribution is -0.371. The van der Waals surface area contributed by atoms with E-state index in [4.69, 9.17) is 0 Å². The molecule has 0 radical (unpaired) electrons. The fraction of sp³-hybridized carbons (Fsp3) is 0.929. The van der Waals surface area contributed by atoms with Gasteiger partial charge in [0, 0.05) is 11.9 Å². The van der Waals surface area contributed by atoms with Crippen molar-refractivity contribution in [1.29, 1.82) is 0 Å². The van der Waals surface area contributed by atoms with Crippen LogP contribution in [0.4, 0.5) is 0 Å². The number of hydrogen-bond acceptors (Lipinski definition) is 4. The maximum Gasteiger partial charge on any atom is 0.0739 e. The first kappa shape index (κ1) is 37.4. The van der Waals surface area contributed by atoms with Crippen LogP contribution in [0.25, 0.3) is 0 Å². The number of aliphatic carboxylic acids is 2. The molecule has 0 saturated heterocycles. The zero-order valence-corrected chi connectivity index (χ0v) is 23.0. The van der Waals surface area contributed by atoms with Gasteiger partial charge in [-0.3, -0.25) is 0 Å². The standard InChI is InChI=1S/2C11H22O2.C6H16N2/c2*1-2-3-4-5-6-7-8-9-10-11(12)13;7-5-3-1-2-4-6-8/h2*2-10H2,1H3,(H,12,13);1-8H2. The second kappa shape index (κ2) is 36.4. The molecule has 0 aromatic carbocycles. The molecular weight excluding hydrogens is 428 g/mol. The predicted octanol–water partition coefficient (Wildman–Crippen LogP) is 3.56. The van der Waals surface area contributed by atoms with E-state index >= 15 is 0 Å². The van der Waals surface area contributed by atoms with E-state index in [1.54, 1.807) is 0 Å². The van der Waals surface area contributed by atoms with E-state index in [1.165, 1.54) is 103 Å². The summed E-state index contributed by atoms with van der Waals surface area (Å²) >= 11 is 0. The molecule has 0 amide bonds. The summed E-state index contributed by atoms with van der Waals surface area (Å²) in [5.41, 5.74) is 7.54. The summed E-state index contributed by atoms with van der Waals surface area (Å²) in [5.74, 6) is -1.82. The molecule has 6 nitrogen and oxygen atoms in total. The number of carboxylic acids is 2. The van der Waals surface area contributed by atoms with E-state index in [0.717, 1.165) is 38.8 Å². The molecule has 0 saturated carbocycles. The summed E-state index contributed by atoms with van der Waals surface area (Å²) in [6, 6.07) is 0. The number of rotatable bonds is 23. The Balaban J connectivity index is -0.000000438. The van der Waals surface area contributed by atoms with E-state index in [9.17, 15) is 19.8 Å². The van der Waals surface area contributed by atoms with Crippen LogP contribution in [0, 0.1) is 0 Å². The molecule has 0 aliphatic heterocycles. The van der Waals surface area contributed by atoms with Crippen LogP contribution in [0.2, 0.25) is 0 Å². The van der Waals surface area contributed by atoms with Crippen molar-refractivity contribution in [2.45, 2.75) is 155 Å². The van der Waals surface area contributed by atoms with E-state index in [1.807, 2.05) is 0 Å². The van der Waals surface area contributed by atoms with Crippen LogP contribution in [0.15, 0.2) is 0 Å². The third kappa shape index (κ3) is 48.3. The summed E-state index contributed by atoms with van der Waals surface area (Å²) in [4.78, 5) is 20.1. The van der Waals surface area contributed by atoms with Gasteiger partial charge < -0.3 is 31.3 Å². The van der Waals surface area contributed by atoms with Gasteiger partial charge in [-0.2, -0.15) is 0 Å². The van der Waals surface area contributed by atoms with Crippen molar-refractivity contribution in [2.75, 3.05) is 13.1 Å². The van der Waals surface area contributed by atoms with Gasteiger partial charge in [-0.05, 0) is 51.4 Å². The monoisotopic (exact) mass is 488 g/mol. The Morgan fingerprint density at radius 1 is 0.441 bits per heavy atom. The summed E-state index contributed by atoms with van der Waals surface area (Å²) in [7, 11) is 0. The first-order valence-electron chi connectivity index (χ1n) is 14.4. The van der Waals surface area contributed by atoms with Crippen molar-refractivity contribution < 1.29 is 31.3 Å². The van der Waals surface area contributed by atoms with Crippen LogP contribution in [0.5, 0.6) is 0 Å². The van der Waals surface area contributed by atoms with Gasteiger partial charge in [0.05, 0.1) is 13.1 Å². The molecule has 6 N–H and O–H groups in total. The second-order valence-electron chi connectivity index (χ2n) is 9.32. The van der Waals surface area contributed by atoms with E-state index in [0.29, 0.717) is 0 Å². The van der Waals surface area contributed by atoms with Gasteiger partial charge in [-0.1, -0.05) is 104 Å². The van der Waals surface area contributed by atoms with Gasteiger partial charge in [0.1, 0.15) is 0 Å². The van der Waals surface area contributed by atoms with Gasteiger partial charge in [0.2, 0.25) is 0 Å². The van der Waals surface area contributed by atoms with Crippen LogP contribution in [0.3, 0.4) is 0 Å². The normalized spacial score (nSPS) is 10.1. The Bertz CT molecular complexity index is 357. The lowest BCUT2D eigenvalue weighted by atomic mass is 10.1. The second-order valence-corrected chi connectivity index (χ2v) is 9.32. The van der Waals surface area contributed by atoms with E-state index in [-0.39, 0.29) is 12.8 Å². The summed E-state index contributed by atoms with van der Waals surface area (Å²) in [6.07, 6.45) is 24.8. The summed E-state index contributed by atoms with van der Waals surface area (Å²) in [6.45, 7) is 6.61. The molecule has 6 heteroatoms. The van der Waals surface area contributed by atoms with Crippen LogP contribution in [-0.2, 0) is 9.59 Å². The third-order valence-corrected chi connectivity index (χ3v) is 5.72. The smallest absolute Gasteiger partial charge is 0.0739 e. The molecule has 0 aliphatic carbocycles. The Morgan fingerprint density at radius 2 is 0.676 bits per heavy atom. The summed E-state index contributed by atoms with van der Waals surface area (Å²) < 4.78 is 0. The van der Waals surface area contributed by atoms with E-state index in [2.05, 4.69) is 25.3 Å². The van der Waals surface area contributed by atoms with Gasteiger partial charge in [0.15, 0.2) is 0 Å². The van der Waals surface area contributed by atoms with Crippen molar-refractivity contribution >= 4 is 11.9 Å². The average Bonchev–Trinajstić information content (AvgIpc) is 2.81. The quantitative estimate of drug-likeness (QED) is 0.212. The molecule has 0 unspecified atom stereocenters. The molecular formula is C28H60N2O4. The number of hydrogen-bond donors (Lipinski definition) is 2. The average molecular weight is 489 g/mol. The Hall–Kier alpha value is -1.14. The maximum absolute atomic E-state index is 10.1. The number of unbranched alkanes of at least 4 members (excludes halogenated alkanes) is 17. The highest BCUT2D eigenvalue weighted by molar-refractivity contribution is 5.64. The fourth-order valence-electron chi connectivity index (χ4n) is 3.51. The molecule has 0 spiro atoms. The minimum atomic E-state index is -0.911. The van der Waals surface area contributed by atoms with Gasteiger partial charge in [-0.15, -0.1) is 0 Å². The molecule has 0 fully saturated rings. The first-order chi connectivity index (χ1) is 16.5. The Kier molecular flexibility index (Phi) is 40.1. The lowest BCUT2D eigenvalue weighted by Crippen LogP contribution is -2.50. The molecule has 0 atom stereocenters. The fourth-order valence-corrected chi connectivity index (χ4v) is 3.51. The minimum absolute atomic E-state index is 0.231. The number of carbonyl (C=O) groups excluding carboxylic acids is 2. The van der Waals surface area contributed by atoms with Gasteiger partial charge >= 0.3 is 0 Å². The topological polar surface area (TPSA) is 136 Å². The number of carboxylic acid groups (broad SMARTS) is 2. The van der Waals surface area contributed by atoms with Gasteiger partial charge in [-0.25, -0.2) is 0 Å². The number of carbonyl (C=O) groups is 2. The van der Waals surface area contributed by atoms with E-state index < -0.39 is 11.9 Å². The molecule has 0 bridgehead atoms. The molecule has 0 aromatic heterocycles. The Labute approximate surface area is 211 Å². The molecule has 0 aliphatic rings. The van der Waals surface area contributed by atoms with Crippen molar-refractivity contribution in [3.8, 4) is 0 Å². The molecule has 206 valence electrons. The summed E-state index contributed by atoms with van der Waals surface area (Å²) in [5, 5.41) is 20.1. The predicted molar refractivity (Wildman–Crippen MR) is 138 cm³/mol. The van der Waals surface area contributed by atoms with Crippen molar-refractivity contribution in [3.05, 3.63) is 0 Å². The Morgan fingerprint density at radius 3 is 0.912 bits per heavy atom. The highest BCUT2D eigenvalue weighted by Crippen LogP contribution is 2.10. The van der Waals surface area contributed by atoms with Crippen LogP contribution in [0.1, 0.15) is 155 Å². The number of quaternary nitrogens is 2. The van der Waals surface area contributed by atoms with Crippen molar-refractivity contribution in [3.63, 3.8) is 0 Å². The molecule has 0 heterocycles. The zero-order chi connectivity index (χ0) is 26.1. The van der Waals surface area contributed by atoms with Crippen molar-refractivity contribution in [1.82, 2.24) is 0 Å². The first-order valence-corrected chi connectivity index (χ1v) is 14.4. The highest BCUT2D eigenvalue weighted by atomic mass is 16.4. The minimum Gasteiger partial charge on any atom is -0.550 e. The van der Waals surface area contributed by atoms with Crippen LogP contribution < -0.4 is 21.7 Å². The SMILES string of the molecule is CCCCCCCCCCC(=O)[O-].CCCCCCCCCCC(=O)[O-].[NH3+]CCCCCC[NH3+]. The largest absolute Gasteiger partial charge is 0.550 e. The molecule has 0 aromatic rings.